The van der Waals surface area contributed by atoms with E-state index in [9.17, 15) is 13.2 Å². The summed E-state index contributed by atoms with van der Waals surface area (Å²) in [5.74, 6) is 0.978. The molecule has 1 amide bonds. The lowest BCUT2D eigenvalue weighted by atomic mass is 9.95. The highest BCUT2D eigenvalue weighted by molar-refractivity contribution is 7.91. The van der Waals surface area contributed by atoms with Crippen LogP contribution in [0, 0.1) is 5.92 Å². The molecule has 1 saturated carbocycles. The van der Waals surface area contributed by atoms with Gasteiger partial charge in [-0.3, -0.25) is 4.79 Å². The largest absolute Gasteiger partial charge is 0.339 e. The first-order chi connectivity index (χ1) is 11.5. The number of hydrogen-bond donors (Lipinski definition) is 0. The molecular weight excluding hydrogens is 322 g/mol. The maximum atomic E-state index is 12.7. The van der Waals surface area contributed by atoms with Crippen LogP contribution in [-0.4, -0.2) is 37.6 Å². The fourth-order valence-corrected chi connectivity index (χ4v) is 5.08. The predicted octanol–water partition coefficient (Wildman–Crippen LogP) is 3.20. The van der Waals surface area contributed by atoms with Gasteiger partial charge in [-0.2, -0.15) is 0 Å². The molecule has 3 rings (SSSR count). The molecule has 0 spiro atoms. The molecule has 4 nitrogen and oxygen atoms in total. The number of carbonyl (C=O) groups is 1. The molecule has 1 aliphatic carbocycles. The average molecular weight is 349 g/mol. The van der Waals surface area contributed by atoms with Gasteiger partial charge >= 0.3 is 0 Å². The summed E-state index contributed by atoms with van der Waals surface area (Å²) >= 11 is 0. The van der Waals surface area contributed by atoms with Gasteiger partial charge in [0.25, 0.3) is 0 Å². The highest BCUT2D eigenvalue weighted by Crippen LogP contribution is 2.35. The number of carbonyl (C=O) groups excluding carboxylic acids is 1. The topological polar surface area (TPSA) is 54.5 Å². The number of amides is 1. The zero-order valence-corrected chi connectivity index (χ0v) is 15.2. The molecule has 1 aromatic rings. The van der Waals surface area contributed by atoms with Crippen LogP contribution in [0.5, 0.6) is 0 Å². The average Bonchev–Trinajstić information content (AvgIpc) is 3.26. The van der Waals surface area contributed by atoms with Crippen molar-refractivity contribution in [2.24, 2.45) is 5.92 Å². The molecule has 1 heterocycles. The third kappa shape index (κ3) is 3.66. The van der Waals surface area contributed by atoms with E-state index in [4.69, 9.17) is 0 Å². The second-order valence-corrected chi connectivity index (χ2v) is 9.34. The van der Waals surface area contributed by atoms with Gasteiger partial charge in [-0.05, 0) is 49.3 Å². The Labute approximate surface area is 145 Å². The van der Waals surface area contributed by atoms with Crippen molar-refractivity contribution in [1.82, 2.24) is 4.90 Å². The Balaban J connectivity index is 1.66. The van der Waals surface area contributed by atoms with Gasteiger partial charge in [0.1, 0.15) is 0 Å². The van der Waals surface area contributed by atoms with Gasteiger partial charge in [0.15, 0.2) is 9.84 Å². The second-order valence-electron chi connectivity index (χ2n) is 7.07. The zero-order valence-electron chi connectivity index (χ0n) is 14.4. The molecule has 132 valence electrons. The molecule has 0 bridgehead atoms. The summed E-state index contributed by atoms with van der Waals surface area (Å²) < 4.78 is 23.7. The van der Waals surface area contributed by atoms with Gasteiger partial charge in [-0.25, -0.2) is 8.42 Å². The summed E-state index contributed by atoms with van der Waals surface area (Å²) in [5.41, 5.74) is 0.895. The third-order valence-electron chi connectivity index (χ3n) is 5.58. The minimum Gasteiger partial charge on any atom is -0.339 e. The standard InChI is InChI=1S/C19H27NO3S/c1-2-24(22,23)17-11-9-15(10-12-17)14-19(21)20-13-5-8-18(20)16-6-3-4-7-16/h9-12,16,18H,2-8,13-14H2,1H3/t18-/m1/s1. The minimum atomic E-state index is -3.17. The SMILES string of the molecule is CCS(=O)(=O)c1ccc(CC(=O)N2CCC[C@@H]2C2CCCC2)cc1. The summed E-state index contributed by atoms with van der Waals surface area (Å²) in [6.45, 7) is 2.52. The Hall–Kier alpha value is -1.36. The van der Waals surface area contributed by atoms with Crippen molar-refractivity contribution in [1.29, 1.82) is 0 Å². The molecule has 1 aliphatic heterocycles. The molecular formula is C19H27NO3S. The van der Waals surface area contributed by atoms with E-state index in [1.165, 1.54) is 25.7 Å². The predicted molar refractivity (Wildman–Crippen MR) is 94.6 cm³/mol. The number of nitrogens with zero attached hydrogens (tertiary/aromatic N) is 1. The first kappa shape index (κ1) is 17.5. The second kappa shape index (κ2) is 7.26. The summed E-state index contributed by atoms with van der Waals surface area (Å²) in [6, 6.07) is 7.24. The highest BCUT2D eigenvalue weighted by Gasteiger charge is 2.35. The van der Waals surface area contributed by atoms with Gasteiger partial charge in [-0.15, -0.1) is 0 Å². The molecule has 0 N–H and O–H groups in total. The Morgan fingerprint density at radius 2 is 1.75 bits per heavy atom. The lowest BCUT2D eigenvalue weighted by Crippen LogP contribution is -2.40. The maximum Gasteiger partial charge on any atom is 0.227 e. The van der Waals surface area contributed by atoms with Crippen molar-refractivity contribution >= 4 is 15.7 Å². The van der Waals surface area contributed by atoms with E-state index in [1.807, 2.05) is 0 Å². The Morgan fingerprint density at radius 1 is 1.08 bits per heavy atom. The quantitative estimate of drug-likeness (QED) is 0.820. The van der Waals surface area contributed by atoms with Crippen LogP contribution in [0.3, 0.4) is 0 Å². The Morgan fingerprint density at radius 3 is 2.38 bits per heavy atom. The summed E-state index contributed by atoms with van der Waals surface area (Å²) in [6.07, 6.45) is 7.75. The van der Waals surface area contributed by atoms with Crippen molar-refractivity contribution in [2.75, 3.05) is 12.3 Å². The summed E-state index contributed by atoms with van der Waals surface area (Å²) in [4.78, 5) is 15.2. The maximum absolute atomic E-state index is 12.7. The fourth-order valence-electron chi connectivity index (χ4n) is 4.19. The third-order valence-corrected chi connectivity index (χ3v) is 7.33. The van der Waals surface area contributed by atoms with Crippen LogP contribution in [-0.2, 0) is 21.1 Å². The van der Waals surface area contributed by atoms with Gasteiger partial charge in [0.05, 0.1) is 17.1 Å². The van der Waals surface area contributed by atoms with Crippen molar-refractivity contribution in [3.05, 3.63) is 29.8 Å². The molecule has 24 heavy (non-hydrogen) atoms. The lowest BCUT2D eigenvalue weighted by molar-refractivity contribution is -0.132. The van der Waals surface area contributed by atoms with E-state index in [0.717, 1.165) is 24.9 Å². The fraction of sp³-hybridized carbons (Fsp3) is 0.632. The van der Waals surface area contributed by atoms with Crippen LogP contribution in [0.1, 0.15) is 51.0 Å². The van der Waals surface area contributed by atoms with E-state index < -0.39 is 9.84 Å². The first-order valence-corrected chi connectivity index (χ1v) is 10.8. The van der Waals surface area contributed by atoms with Crippen LogP contribution in [0.4, 0.5) is 0 Å². The summed E-state index contributed by atoms with van der Waals surface area (Å²) in [7, 11) is -3.17. The first-order valence-electron chi connectivity index (χ1n) is 9.12. The van der Waals surface area contributed by atoms with Crippen molar-refractivity contribution in [2.45, 2.75) is 62.8 Å². The normalized spacial score (nSPS) is 22.2. The van der Waals surface area contributed by atoms with Crippen LogP contribution in [0.25, 0.3) is 0 Å². The Bertz CT molecular complexity index is 675. The van der Waals surface area contributed by atoms with Crippen molar-refractivity contribution < 1.29 is 13.2 Å². The highest BCUT2D eigenvalue weighted by atomic mass is 32.2. The Kier molecular flexibility index (Phi) is 5.28. The van der Waals surface area contributed by atoms with E-state index in [0.29, 0.717) is 23.3 Å². The van der Waals surface area contributed by atoms with Crippen molar-refractivity contribution in [3.63, 3.8) is 0 Å². The molecule has 0 aromatic heterocycles. The van der Waals surface area contributed by atoms with Crippen LogP contribution >= 0.6 is 0 Å². The molecule has 0 radical (unpaired) electrons. The molecule has 2 aliphatic rings. The zero-order chi connectivity index (χ0) is 17.2. The van der Waals surface area contributed by atoms with E-state index in [1.54, 1.807) is 31.2 Å². The van der Waals surface area contributed by atoms with Crippen molar-refractivity contribution in [3.8, 4) is 0 Å². The molecule has 2 fully saturated rings. The minimum absolute atomic E-state index is 0.0993. The smallest absolute Gasteiger partial charge is 0.227 e. The van der Waals surface area contributed by atoms with Gasteiger partial charge < -0.3 is 4.90 Å². The van der Waals surface area contributed by atoms with Crippen LogP contribution in [0.2, 0.25) is 0 Å². The van der Waals surface area contributed by atoms with Gasteiger partial charge in [0.2, 0.25) is 5.91 Å². The number of likely N-dealkylation sites (tertiary alicyclic amines) is 1. The van der Waals surface area contributed by atoms with E-state index in [-0.39, 0.29) is 11.7 Å². The lowest BCUT2D eigenvalue weighted by Gasteiger charge is -2.29. The number of rotatable bonds is 5. The molecule has 1 saturated heterocycles. The number of benzene rings is 1. The molecule has 0 unspecified atom stereocenters. The van der Waals surface area contributed by atoms with E-state index in [2.05, 4.69) is 4.90 Å². The van der Waals surface area contributed by atoms with Gasteiger partial charge in [0, 0.05) is 12.6 Å². The molecule has 5 heteroatoms. The van der Waals surface area contributed by atoms with E-state index >= 15 is 0 Å². The molecule has 1 aromatic carbocycles. The monoisotopic (exact) mass is 349 g/mol. The summed E-state index contributed by atoms with van der Waals surface area (Å²) in [5, 5.41) is 0. The van der Waals surface area contributed by atoms with Gasteiger partial charge in [-0.1, -0.05) is 31.9 Å². The number of sulfone groups is 1. The van der Waals surface area contributed by atoms with Crippen LogP contribution in [0.15, 0.2) is 29.2 Å². The molecule has 1 atom stereocenters. The van der Waals surface area contributed by atoms with Crippen LogP contribution < -0.4 is 0 Å². The number of hydrogen-bond acceptors (Lipinski definition) is 3.